The summed E-state index contributed by atoms with van der Waals surface area (Å²) in [6.45, 7) is 2.04. The van der Waals surface area contributed by atoms with Gasteiger partial charge in [-0.25, -0.2) is 0 Å². The molecule has 5 rings (SSSR count). The zero-order valence-electron chi connectivity index (χ0n) is 20.2. The molecule has 190 valence electrons. The summed E-state index contributed by atoms with van der Waals surface area (Å²) in [5.41, 5.74) is 3.85. The summed E-state index contributed by atoms with van der Waals surface area (Å²) < 4.78 is 1.47. The second-order valence-corrected chi connectivity index (χ2v) is 11.7. The van der Waals surface area contributed by atoms with Gasteiger partial charge in [0.1, 0.15) is 0 Å². The van der Waals surface area contributed by atoms with Crippen LogP contribution in [0.25, 0.3) is 6.08 Å². The van der Waals surface area contributed by atoms with Crippen molar-refractivity contribution in [3.05, 3.63) is 123 Å². The molecule has 1 aromatic heterocycles. The van der Waals surface area contributed by atoms with Crippen LogP contribution in [0, 0.1) is 6.92 Å². The predicted molar refractivity (Wildman–Crippen MR) is 155 cm³/mol. The van der Waals surface area contributed by atoms with Crippen molar-refractivity contribution in [3.8, 4) is 0 Å². The lowest BCUT2D eigenvalue weighted by Crippen LogP contribution is -2.30. The van der Waals surface area contributed by atoms with Gasteiger partial charge in [-0.05, 0) is 41.8 Å². The average molecular weight is 605 g/mol. The fraction of sp³-hybridized carbons (Fsp3) is 0.103. The molecule has 2 heterocycles. The molecule has 0 saturated carbocycles. The number of anilines is 1. The lowest BCUT2D eigenvalue weighted by molar-refractivity contribution is -0.117. The van der Waals surface area contributed by atoms with E-state index >= 15 is 0 Å². The Hall–Kier alpha value is -3.53. The maximum Gasteiger partial charge on any atom is 0.296 e. The molecule has 0 radical (unpaired) electrons. The van der Waals surface area contributed by atoms with E-state index in [1.165, 1.54) is 39.6 Å². The highest BCUT2D eigenvalue weighted by Gasteiger charge is 2.45. The Kier molecular flexibility index (Phi) is 7.87. The summed E-state index contributed by atoms with van der Waals surface area (Å²) in [6, 6.07) is 24.1. The van der Waals surface area contributed by atoms with Gasteiger partial charge < -0.3 is 5.11 Å². The molecule has 1 N–H and O–H groups in total. The summed E-state index contributed by atoms with van der Waals surface area (Å²) >= 11 is 6.25. The van der Waals surface area contributed by atoms with Crippen LogP contribution in [0.3, 0.4) is 0 Å². The number of carbonyl (C=O) groups excluding carboxylic acids is 2. The molecular formula is C29H22BrN3O3S2. The predicted octanol–water partition coefficient (Wildman–Crippen LogP) is 7.08. The number of carbonyl (C=O) groups is 2. The lowest BCUT2D eigenvalue weighted by atomic mass is 9.96. The van der Waals surface area contributed by atoms with E-state index < -0.39 is 23.5 Å². The Bertz CT molecular complexity index is 1550. The van der Waals surface area contributed by atoms with E-state index in [4.69, 9.17) is 0 Å². The van der Waals surface area contributed by atoms with Crippen LogP contribution < -0.4 is 4.90 Å². The summed E-state index contributed by atoms with van der Waals surface area (Å²) in [4.78, 5) is 28.1. The number of hydrogen-bond acceptors (Lipinski definition) is 7. The minimum Gasteiger partial charge on any atom is -0.503 e. The Balaban J connectivity index is 1.45. The molecule has 1 aliphatic rings. The molecule has 1 amide bonds. The molecule has 1 unspecified atom stereocenters. The Morgan fingerprint density at radius 1 is 1.08 bits per heavy atom. The molecule has 1 aliphatic heterocycles. The largest absolute Gasteiger partial charge is 0.503 e. The van der Waals surface area contributed by atoms with Crippen LogP contribution in [0.4, 0.5) is 5.13 Å². The number of allylic oxidation sites excluding steroid dienone is 1. The van der Waals surface area contributed by atoms with Crippen LogP contribution >= 0.6 is 39.0 Å². The number of aryl methyl sites for hydroxylation is 1. The van der Waals surface area contributed by atoms with Gasteiger partial charge in [0.05, 0.1) is 11.6 Å². The van der Waals surface area contributed by atoms with E-state index in [1.54, 1.807) is 6.08 Å². The topological polar surface area (TPSA) is 83.4 Å². The molecule has 4 aromatic rings. The number of nitrogens with zero attached hydrogens (tertiary/aromatic N) is 3. The van der Waals surface area contributed by atoms with E-state index in [-0.39, 0.29) is 5.57 Å². The molecular weight excluding hydrogens is 582 g/mol. The van der Waals surface area contributed by atoms with Crippen LogP contribution in [0.5, 0.6) is 0 Å². The van der Waals surface area contributed by atoms with Gasteiger partial charge in [0, 0.05) is 10.2 Å². The molecule has 0 aliphatic carbocycles. The number of thioether (sulfide) groups is 1. The van der Waals surface area contributed by atoms with Gasteiger partial charge in [0.25, 0.3) is 5.91 Å². The molecule has 0 spiro atoms. The number of aliphatic hydroxyl groups is 1. The van der Waals surface area contributed by atoms with Crippen LogP contribution in [-0.4, -0.2) is 27.0 Å². The molecule has 3 aromatic carbocycles. The van der Waals surface area contributed by atoms with Crippen LogP contribution in [0.2, 0.25) is 0 Å². The zero-order chi connectivity index (χ0) is 26.6. The fourth-order valence-electron chi connectivity index (χ4n) is 4.06. The highest BCUT2D eigenvalue weighted by molar-refractivity contribution is 9.10. The van der Waals surface area contributed by atoms with Gasteiger partial charge in [-0.3, -0.25) is 14.5 Å². The molecule has 6 nitrogen and oxygen atoms in total. The molecule has 0 bridgehead atoms. The third-order valence-electron chi connectivity index (χ3n) is 5.95. The quantitative estimate of drug-likeness (QED) is 0.131. The molecule has 0 fully saturated rings. The van der Waals surface area contributed by atoms with Gasteiger partial charge in [-0.1, -0.05) is 117 Å². The van der Waals surface area contributed by atoms with E-state index in [0.29, 0.717) is 20.8 Å². The number of amides is 1. The van der Waals surface area contributed by atoms with Gasteiger partial charge in [-0.15, -0.1) is 10.2 Å². The molecule has 38 heavy (non-hydrogen) atoms. The van der Waals surface area contributed by atoms with Gasteiger partial charge in [-0.2, -0.15) is 0 Å². The lowest BCUT2D eigenvalue weighted by Gasteiger charge is -2.23. The van der Waals surface area contributed by atoms with Crippen molar-refractivity contribution in [1.29, 1.82) is 0 Å². The minimum atomic E-state index is -0.851. The Labute approximate surface area is 236 Å². The molecule has 1 atom stereocenters. The normalized spacial score (nSPS) is 15.6. The maximum atomic E-state index is 13.4. The van der Waals surface area contributed by atoms with Crippen molar-refractivity contribution in [1.82, 2.24) is 10.2 Å². The average Bonchev–Trinajstić information content (AvgIpc) is 3.49. The molecule has 9 heteroatoms. The van der Waals surface area contributed by atoms with Crippen LogP contribution in [0.15, 0.2) is 105 Å². The smallest absolute Gasteiger partial charge is 0.296 e. The highest BCUT2D eigenvalue weighted by atomic mass is 79.9. The third-order valence-corrected chi connectivity index (χ3v) is 8.57. The van der Waals surface area contributed by atoms with Crippen molar-refractivity contribution in [2.24, 2.45) is 0 Å². The summed E-state index contributed by atoms with van der Waals surface area (Å²) in [5.74, 6) is -1.01. The third kappa shape index (κ3) is 5.65. The number of rotatable bonds is 8. The number of aromatic nitrogens is 2. The van der Waals surface area contributed by atoms with E-state index in [9.17, 15) is 14.7 Å². The van der Waals surface area contributed by atoms with Gasteiger partial charge in [0.15, 0.2) is 15.9 Å². The number of halogens is 1. The van der Waals surface area contributed by atoms with Crippen molar-refractivity contribution >= 4 is 61.9 Å². The standard InChI is InChI=1S/C29H22BrN3O3S2/c1-18-10-12-20(13-11-18)17-37-29-32-31-28(38-29)33-25(21-8-5-9-22(30)16-21)24(26(35)27(33)36)23(34)15-14-19-6-3-2-4-7-19/h2-16,25,35H,17H2,1H3. The van der Waals surface area contributed by atoms with Crippen molar-refractivity contribution < 1.29 is 14.7 Å². The Morgan fingerprint density at radius 2 is 1.84 bits per heavy atom. The fourth-order valence-corrected chi connectivity index (χ4v) is 6.30. The first-order valence-electron chi connectivity index (χ1n) is 11.7. The second kappa shape index (κ2) is 11.5. The first-order valence-corrected chi connectivity index (χ1v) is 14.3. The number of benzene rings is 3. The first-order chi connectivity index (χ1) is 18.4. The summed E-state index contributed by atoms with van der Waals surface area (Å²) in [5, 5.41) is 19.8. The minimum absolute atomic E-state index is 0.00402. The van der Waals surface area contributed by atoms with Crippen LogP contribution in [0.1, 0.15) is 28.3 Å². The van der Waals surface area contributed by atoms with E-state index in [0.717, 1.165) is 15.6 Å². The Morgan fingerprint density at radius 3 is 2.58 bits per heavy atom. The van der Waals surface area contributed by atoms with Gasteiger partial charge >= 0.3 is 0 Å². The summed E-state index contributed by atoms with van der Waals surface area (Å²) in [7, 11) is 0. The summed E-state index contributed by atoms with van der Waals surface area (Å²) in [6.07, 6.45) is 3.05. The maximum absolute atomic E-state index is 13.4. The van der Waals surface area contributed by atoms with Crippen molar-refractivity contribution in [3.63, 3.8) is 0 Å². The highest BCUT2D eigenvalue weighted by Crippen LogP contribution is 2.43. The van der Waals surface area contributed by atoms with Crippen molar-refractivity contribution in [2.75, 3.05) is 4.90 Å². The first kappa shape index (κ1) is 26.1. The van der Waals surface area contributed by atoms with Gasteiger partial charge in [0.2, 0.25) is 5.13 Å². The van der Waals surface area contributed by atoms with E-state index in [2.05, 4.69) is 50.4 Å². The van der Waals surface area contributed by atoms with Crippen LogP contribution in [-0.2, 0) is 15.3 Å². The second-order valence-electron chi connectivity index (χ2n) is 8.63. The number of hydrogen-bond donors (Lipinski definition) is 1. The van der Waals surface area contributed by atoms with Crippen molar-refractivity contribution in [2.45, 2.75) is 23.1 Å². The van der Waals surface area contributed by atoms with E-state index in [1.807, 2.05) is 61.5 Å². The number of aliphatic hydroxyl groups excluding tert-OH is 1. The molecule has 0 saturated heterocycles. The number of ketones is 1. The SMILES string of the molecule is Cc1ccc(CSc2nnc(N3C(=O)C(O)=C(C(=O)C=Cc4ccccc4)C3c3cccc(Br)c3)s2)cc1. The monoisotopic (exact) mass is 603 g/mol. The zero-order valence-corrected chi connectivity index (χ0v) is 23.5.